The van der Waals surface area contributed by atoms with Crippen molar-refractivity contribution in [3.05, 3.63) is 29.4 Å². The van der Waals surface area contributed by atoms with Crippen LogP contribution in [0.25, 0.3) is 22.7 Å². The third-order valence-corrected chi connectivity index (χ3v) is 3.12. The van der Waals surface area contributed by atoms with Crippen molar-refractivity contribution in [1.29, 1.82) is 0 Å². The first kappa shape index (κ1) is 12.2. The Labute approximate surface area is 115 Å². The molecule has 0 atom stereocenters. The van der Waals surface area contributed by atoms with E-state index in [-0.39, 0.29) is 0 Å². The first-order chi connectivity index (χ1) is 9.20. The first-order valence-electron chi connectivity index (χ1n) is 6.15. The SMILES string of the molecule is CCCn1c(-c2ccco2)nc2c(Cl)nc(C)nc21. The molecular formula is C13H13ClN4O. The fourth-order valence-corrected chi connectivity index (χ4v) is 2.35. The minimum absolute atomic E-state index is 0.380. The van der Waals surface area contributed by atoms with Gasteiger partial charge in [0.05, 0.1) is 6.26 Å². The smallest absolute Gasteiger partial charge is 0.178 e. The van der Waals surface area contributed by atoms with Gasteiger partial charge in [0.2, 0.25) is 0 Å². The van der Waals surface area contributed by atoms with Crippen LogP contribution >= 0.6 is 11.6 Å². The molecule has 0 aliphatic rings. The molecule has 3 aromatic rings. The van der Waals surface area contributed by atoms with Crippen molar-refractivity contribution in [2.75, 3.05) is 0 Å². The number of fused-ring (bicyclic) bond motifs is 1. The number of hydrogen-bond donors (Lipinski definition) is 0. The molecular weight excluding hydrogens is 264 g/mol. The van der Waals surface area contributed by atoms with Crippen LogP contribution in [0.15, 0.2) is 22.8 Å². The zero-order chi connectivity index (χ0) is 13.4. The van der Waals surface area contributed by atoms with Gasteiger partial charge in [-0.25, -0.2) is 15.0 Å². The van der Waals surface area contributed by atoms with E-state index in [4.69, 9.17) is 16.0 Å². The van der Waals surface area contributed by atoms with Crippen molar-refractivity contribution >= 4 is 22.8 Å². The molecule has 0 saturated carbocycles. The Hall–Kier alpha value is -1.88. The summed E-state index contributed by atoms with van der Waals surface area (Å²) in [4.78, 5) is 13.1. The average Bonchev–Trinajstić information content (AvgIpc) is 2.98. The monoisotopic (exact) mass is 276 g/mol. The summed E-state index contributed by atoms with van der Waals surface area (Å²) in [6.45, 7) is 4.73. The molecule has 3 heterocycles. The molecule has 0 spiro atoms. The Morgan fingerprint density at radius 2 is 2.16 bits per heavy atom. The summed E-state index contributed by atoms with van der Waals surface area (Å²) in [5.41, 5.74) is 1.37. The van der Waals surface area contributed by atoms with E-state index in [9.17, 15) is 0 Å². The summed E-state index contributed by atoms with van der Waals surface area (Å²) in [5, 5.41) is 0.380. The van der Waals surface area contributed by atoms with Gasteiger partial charge >= 0.3 is 0 Å². The third-order valence-electron chi connectivity index (χ3n) is 2.85. The van der Waals surface area contributed by atoms with Gasteiger partial charge in [-0.3, -0.25) is 0 Å². The Morgan fingerprint density at radius 3 is 2.84 bits per heavy atom. The van der Waals surface area contributed by atoms with Gasteiger partial charge in [-0.1, -0.05) is 18.5 Å². The maximum Gasteiger partial charge on any atom is 0.178 e. The predicted molar refractivity (Wildman–Crippen MR) is 73.1 cm³/mol. The van der Waals surface area contributed by atoms with Crippen LogP contribution in [0, 0.1) is 6.92 Å². The van der Waals surface area contributed by atoms with Crippen molar-refractivity contribution < 1.29 is 4.42 Å². The lowest BCUT2D eigenvalue weighted by Gasteiger charge is -2.05. The van der Waals surface area contributed by atoms with Crippen LogP contribution in [0.5, 0.6) is 0 Å². The Balaban J connectivity index is 2.33. The number of halogens is 1. The van der Waals surface area contributed by atoms with E-state index in [1.807, 2.05) is 23.6 Å². The summed E-state index contributed by atoms with van der Waals surface area (Å²) in [6, 6.07) is 3.71. The van der Waals surface area contributed by atoms with Gasteiger partial charge in [0.25, 0.3) is 0 Å². The van der Waals surface area contributed by atoms with Crippen LogP contribution in [0.4, 0.5) is 0 Å². The summed E-state index contributed by atoms with van der Waals surface area (Å²) in [7, 11) is 0. The minimum atomic E-state index is 0.380. The normalized spacial score (nSPS) is 11.3. The molecule has 0 bridgehead atoms. The van der Waals surface area contributed by atoms with Gasteiger partial charge in [-0.15, -0.1) is 0 Å². The molecule has 0 fully saturated rings. The molecule has 5 nitrogen and oxygen atoms in total. The van der Waals surface area contributed by atoms with Gasteiger partial charge in [0, 0.05) is 6.54 Å². The third kappa shape index (κ3) is 2.00. The zero-order valence-electron chi connectivity index (χ0n) is 10.7. The zero-order valence-corrected chi connectivity index (χ0v) is 11.5. The van der Waals surface area contributed by atoms with Crippen LogP contribution in [-0.2, 0) is 6.54 Å². The average molecular weight is 277 g/mol. The molecule has 19 heavy (non-hydrogen) atoms. The fourth-order valence-electron chi connectivity index (χ4n) is 2.10. The van der Waals surface area contributed by atoms with Crippen molar-refractivity contribution in [3.63, 3.8) is 0 Å². The molecule has 0 unspecified atom stereocenters. The second kappa shape index (κ2) is 4.66. The van der Waals surface area contributed by atoms with Gasteiger partial charge in [0.1, 0.15) is 11.3 Å². The number of aromatic nitrogens is 4. The van der Waals surface area contributed by atoms with Crippen molar-refractivity contribution in [2.24, 2.45) is 0 Å². The summed E-state index contributed by atoms with van der Waals surface area (Å²) >= 11 is 6.15. The maximum absolute atomic E-state index is 6.15. The Bertz CT molecular complexity index is 718. The molecule has 0 aliphatic heterocycles. The maximum atomic E-state index is 6.15. The number of aryl methyl sites for hydroxylation is 2. The number of rotatable bonds is 3. The number of hydrogen-bond acceptors (Lipinski definition) is 4. The minimum Gasteiger partial charge on any atom is -0.461 e. The lowest BCUT2D eigenvalue weighted by Crippen LogP contribution is -2.01. The highest BCUT2D eigenvalue weighted by atomic mass is 35.5. The van der Waals surface area contributed by atoms with Crippen molar-refractivity contribution in [3.8, 4) is 11.6 Å². The predicted octanol–water partition coefficient (Wildman–Crippen LogP) is 3.46. The van der Waals surface area contributed by atoms with E-state index < -0.39 is 0 Å². The lowest BCUT2D eigenvalue weighted by atomic mass is 10.4. The molecule has 6 heteroatoms. The van der Waals surface area contributed by atoms with Crippen LogP contribution in [0.1, 0.15) is 19.2 Å². The van der Waals surface area contributed by atoms with E-state index in [1.165, 1.54) is 0 Å². The molecule has 0 amide bonds. The second-order valence-corrected chi connectivity index (χ2v) is 4.66. The van der Waals surface area contributed by atoms with Crippen LogP contribution in [0.2, 0.25) is 5.15 Å². The molecule has 0 N–H and O–H groups in total. The van der Waals surface area contributed by atoms with Crippen molar-refractivity contribution in [1.82, 2.24) is 19.5 Å². The van der Waals surface area contributed by atoms with E-state index >= 15 is 0 Å². The number of imidazole rings is 1. The Kier molecular flexibility index (Phi) is 2.98. The van der Waals surface area contributed by atoms with Crippen molar-refractivity contribution in [2.45, 2.75) is 26.8 Å². The summed E-state index contributed by atoms with van der Waals surface area (Å²) in [6.07, 6.45) is 2.60. The fraction of sp³-hybridized carbons (Fsp3) is 0.308. The van der Waals surface area contributed by atoms with E-state index in [0.29, 0.717) is 22.3 Å². The highest BCUT2D eigenvalue weighted by molar-refractivity contribution is 6.33. The Morgan fingerprint density at radius 1 is 1.32 bits per heavy atom. The summed E-state index contributed by atoms with van der Waals surface area (Å²) < 4.78 is 7.45. The van der Waals surface area contributed by atoms with Gasteiger partial charge in [-0.2, -0.15) is 0 Å². The first-order valence-corrected chi connectivity index (χ1v) is 6.52. The van der Waals surface area contributed by atoms with Gasteiger partial charge in [-0.05, 0) is 25.5 Å². The van der Waals surface area contributed by atoms with E-state index in [2.05, 4.69) is 21.9 Å². The number of nitrogens with zero attached hydrogens (tertiary/aromatic N) is 4. The van der Waals surface area contributed by atoms with Gasteiger partial charge < -0.3 is 8.98 Å². The lowest BCUT2D eigenvalue weighted by molar-refractivity contribution is 0.568. The molecule has 98 valence electrons. The molecule has 0 aliphatic carbocycles. The van der Waals surface area contributed by atoms with Crippen LogP contribution in [-0.4, -0.2) is 19.5 Å². The van der Waals surface area contributed by atoms with E-state index in [0.717, 1.165) is 24.4 Å². The van der Waals surface area contributed by atoms with E-state index in [1.54, 1.807) is 6.26 Å². The molecule has 3 aromatic heterocycles. The quantitative estimate of drug-likeness (QED) is 0.688. The molecule has 0 saturated heterocycles. The molecule has 0 aromatic carbocycles. The largest absolute Gasteiger partial charge is 0.461 e. The second-order valence-electron chi connectivity index (χ2n) is 4.30. The van der Waals surface area contributed by atoms with Gasteiger partial charge in [0.15, 0.2) is 22.4 Å². The number of furan rings is 1. The van der Waals surface area contributed by atoms with Crippen LogP contribution < -0.4 is 0 Å². The van der Waals surface area contributed by atoms with Crippen LogP contribution in [0.3, 0.4) is 0 Å². The standard InChI is InChI=1S/C13H13ClN4O/c1-3-6-18-12(9-5-4-7-19-9)17-10-11(14)15-8(2)16-13(10)18/h4-5,7H,3,6H2,1-2H3. The highest BCUT2D eigenvalue weighted by Gasteiger charge is 2.18. The molecule has 0 radical (unpaired) electrons. The summed E-state index contributed by atoms with van der Waals surface area (Å²) in [5.74, 6) is 2.09. The molecule has 3 rings (SSSR count). The topological polar surface area (TPSA) is 56.7 Å². The highest BCUT2D eigenvalue weighted by Crippen LogP contribution is 2.27.